The molecular formula is C31H27ClFN5O2. The summed E-state index contributed by atoms with van der Waals surface area (Å²) >= 11 is 6.79. The van der Waals surface area contributed by atoms with Crippen LogP contribution >= 0.6 is 11.6 Å². The van der Waals surface area contributed by atoms with Gasteiger partial charge in [0.2, 0.25) is 11.9 Å². The molecule has 5 aromatic rings. The minimum atomic E-state index is -0.601. The number of aromatic nitrogens is 2. The van der Waals surface area contributed by atoms with Crippen LogP contribution in [0.2, 0.25) is 5.02 Å². The number of hydrogen-bond acceptors (Lipinski definition) is 6. The number of piperazine rings is 1. The van der Waals surface area contributed by atoms with Gasteiger partial charge in [-0.1, -0.05) is 53.6 Å². The molecule has 4 aromatic carbocycles. The Morgan fingerprint density at radius 3 is 2.42 bits per heavy atom. The zero-order valence-corrected chi connectivity index (χ0v) is 22.8. The van der Waals surface area contributed by atoms with Crippen LogP contribution in [0.5, 0.6) is 5.75 Å². The van der Waals surface area contributed by atoms with E-state index in [1.165, 1.54) is 6.07 Å². The molecule has 1 aliphatic rings. The summed E-state index contributed by atoms with van der Waals surface area (Å²) in [5, 5.41) is 15.8. The van der Waals surface area contributed by atoms with Crippen LogP contribution in [0.15, 0.2) is 66.7 Å². The van der Waals surface area contributed by atoms with E-state index in [-0.39, 0.29) is 33.7 Å². The molecule has 202 valence electrons. The first-order chi connectivity index (χ1) is 19.3. The largest absolute Gasteiger partial charge is 0.508 e. The predicted octanol–water partition coefficient (Wildman–Crippen LogP) is 6.67. The van der Waals surface area contributed by atoms with E-state index in [1.807, 2.05) is 60.4 Å². The van der Waals surface area contributed by atoms with Crippen molar-refractivity contribution in [2.75, 3.05) is 36.4 Å². The van der Waals surface area contributed by atoms with Crippen LogP contribution < -0.4 is 10.2 Å². The monoisotopic (exact) mass is 555 g/mol. The van der Waals surface area contributed by atoms with Gasteiger partial charge >= 0.3 is 0 Å². The molecule has 1 saturated heterocycles. The molecule has 1 aliphatic heterocycles. The molecule has 1 amide bonds. The number of aryl methyl sites for hydroxylation is 1. The van der Waals surface area contributed by atoms with Crippen molar-refractivity contribution >= 4 is 56.6 Å². The summed E-state index contributed by atoms with van der Waals surface area (Å²) in [6.07, 6.45) is 0. The Bertz CT molecular complexity index is 1770. The van der Waals surface area contributed by atoms with Gasteiger partial charge in [-0.05, 0) is 53.6 Å². The zero-order valence-electron chi connectivity index (χ0n) is 22.1. The van der Waals surface area contributed by atoms with E-state index in [2.05, 4.69) is 10.3 Å². The van der Waals surface area contributed by atoms with Gasteiger partial charge in [-0.25, -0.2) is 9.37 Å². The number of carbonyl (C=O) groups excluding carboxylic acids is 1. The Balaban J connectivity index is 1.54. The third-order valence-corrected chi connectivity index (χ3v) is 7.61. The Morgan fingerprint density at radius 1 is 0.975 bits per heavy atom. The summed E-state index contributed by atoms with van der Waals surface area (Å²) in [6, 6.07) is 20.1. The minimum Gasteiger partial charge on any atom is -0.508 e. The number of phenolic OH excluding ortho intramolecular Hbond substituents is 1. The van der Waals surface area contributed by atoms with Crippen LogP contribution in [0, 0.1) is 12.7 Å². The van der Waals surface area contributed by atoms with Gasteiger partial charge in [0, 0.05) is 49.7 Å². The highest BCUT2D eigenvalue weighted by Gasteiger charge is 2.26. The highest BCUT2D eigenvalue weighted by atomic mass is 35.5. The molecule has 0 radical (unpaired) electrons. The third-order valence-electron chi connectivity index (χ3n) is 7.31. The number of aromatic hydroxyl groups is 1. The van der Waals surface area contributed by atoms with Gasteiger partial charge in [-0.3, -0.25) is 4.79 Å². The number of phenols is 1. The van der Waals surface area contributed by atoms with Crippen molar-refractivity contribution in [3.63, 3.8) is 0 Å². The summed E-state index contributed by atoms with van der Waals surface area (Å²) in [5.74, 6) is 0.212. The van der Waals surface area contributed by atoms with Gasteiger partial charge in [0.15, 0.2) is 5.82 Å². The first-order valence-corrected chi connectivity index (χ1v) is 13.4. The molecule has 0 aliphatic carbocycles. The number of nitrogens with one attached hydrogen (secondary N) is 1. The summed E-state index contributed by atoms with van der Waals surface area (Å²) in [7, 11) is 0. The SMILES string of the molecule is CC(=O)N1CCN(c2nc(Nc3ccc(C)cc3)nc3c(F)c(-c4cc(O)cc5ccccc45)c(Cl)cc23)CC1. The molecule has 6 rings (SSSR count). The van der Waals surface area contributed by atoms with Gasteiger partial charge in [0.05, 0.1) is 5.02 Å². The van der Waals surface area contributed by atoms with Crippen LogP contribution in [-0.2, 0) is 4.79 Å². The maximum atomic E-state index is 16.6. The van der Waals surface area contributed by atoms with Crippen LogP contribution in [-0.4, -0.2) is 52.1 Å². The maximum absolute atomic E-state index is 16.6. The first-order valence-electron chi connectivity index (χ1n) is 13.0. The molecule has 0 unspecified atom stereocenters. The molecule has 1 fully saturated rings. The maximum Gasteiger partial charge on any atom is 0.229 e. The Morgan fingerprint density at radius 2 is 1.70 bits per heavy atom. The first kappa shape index (κ1) is 25.8. The van der Waals surface area contributed by atoms with Crippen molar-refractivity contribution in [3.8, 4) is 16.9 Å². The fraction of sp³-hybridized carbons (Fsp3) is 0.194. The topological polar surface area (TPSA) is 81.6 Å². The molecule has 7 nitrogen and oxygen atoms in total. The van der Waals surface area contributed by atoms with Gasteiger partial charge in [0.25, 0.3) is 0 Å². The lowest BCUT2D eigenvalue weighted by molar-refractivity contribution is -0.129. The molecular weight excluding hydrogens is 529 g/mol. The number of benzene rings is 4. The van der Waals surface area contributed by atoms with E-state index in [0.717, 1.165) is 22.0 Å². The molecule has 9 heteroatoms. The number of nitrogens with zero attached hydrogens (tertiary/aromatic N) is 4. The van der Waals surface area contributed by atoms with E-state index in [4.69, 9.17) is 16.6 Å². The van der Waals surface area contributed by atoms with Gasteiger partial charge in [0.1, 0.15) is 17.1 Å². The summed E-state index contributed by atoms with van der Waals surface area (Å²) in [6.45, 7) is 5.69. The Labute approximate surface area is 235 Å². The molecule has 2 N–H and O–H groups in total. The zero-order chi connectivity index (χ0) is 28.0. The number of rotatable bonds is 4. The second-order valence-corrected chi connectivity index (χ2v) is 10.4. The standard InChI is InChI=1S/C31H27ClFN5O2/c1-18-7-9-21(10-8-18)34-31-35-29-25(30(36-31)38-13-11-37(12-14-38)19(2)39)17-26(32)27(28(29)33)24-16-22(40)15-20-5-3-4-6-23(20)24/h3-10,15-17,40H,11-14H2,1-2H3,(H,34,35,36). The van der Waals surface area contributed by atoms with Crippen LogP contribution in [0.25, 0.3) is 32.8 Å². The molecule has 0 bridgehead atoms. The van der Waals surface area contributed by atoms with Crippen molar-refractivity contribution in [2.24, 2.45) is 0 Å². The van der Waals surface area contributed by atoms with Crippen molar-refractivity contribution in [1.82, 2.24) is 14.9 Å². The average molecular weight is 556 g/mol. The van der Waals surface area contributed by atoms with Crippen molar-refractivity contribution < 1.29 is 14.3 Å². The third kappa shape index (κ3) is 4.75. The molecule has 2 heterocycles. The molecule has 1 aromatic heterocycles. The molecule has 0 saturated carbocycles. The fourth-order valence-corrected chi connectivity index (χ4v) is 5.52. The average Bonchev–Trinajstić information content (AvgIpc) is 2.94. The van der Waals surface area contributed by atoms with Crippen LogP contribution in [0.1, 0.15) is 12.5 Å². The van der Waals surface area contributed by atoms with Gasteiger partial charge in [-0.2, -0.15) is 4.98 Å². The van der Waals surface area contributed by atoms with Crippen molar-refractivity contribution in [3.05, 3.63) is 83.1 Å². The number of carbonyl (C=O) groups is 1. The van der Waals surface area contributed by atoms with Crippen molar-refractivity contribution in [2.45, 2.75) is 13.8 Å². The van der Waals surface area contributed by atoms with Gasteiger partial charge in [-0.15, -0.1) is 0 Å². The van der Waals surface area contributed by atoms with E-state index >= 15 is 4.39 Å². The predicted molar refractivity (Wildman–Crippen MR) is 158 cm³/mol. The number of amides is 1. The second kappa shape index (κ2) is 10.3. The van der Waals surface area contributed by atoms with Crippen LogP contribution in [0.4, 0.5) is 21.8 Å². The number of fused-ring (bicyclic) bond motifs is 2. The molecule has 0 spiro atoms. The molecule has 40 heavy (non-hydrogen) atoms. The highest BCUT2D eigenvalue weighted by Crippen LogP contribution is 2.42. The number of halogens is 2. The van der Waals surface area contributed by atoms with E-state index < -0.39 is 5.82 Å². The fourth-order valence-electron chi connectivity index (χ4n) is 5.22. The number of hydrogen-bond donors (Lipinski definition) is 2. The summed E-state index contributed by atoms with van der Waals surface area (Å²) in [5.41, 5.74) is 2.63. The quantitative estimate of drug-likeness (QED) is 0.258. The van der Waals surface area contributed by atoms with E-state index in [0.29, 0.717) is 42.9 Å². The normalized spacial score (nSPS) is 13.7. The number of anilines is 3. The van der Waals surface area contributed by atoms with Crippen molar-refractivity contribution in [1.29, 1.82) is 0 Å². The Hall–Kier alpha value is -4.43. The summed E-state index contributed by atoms with van der Waals surface area (Å²) in [4.78, 5) is 25.1. The lowest BCUT2D eigenvalue weighted by Gasteiger charge is -2.35. The van der Waals surface area contributed by atoms with E-state index in [1.54, 1.807) is 24.0 Å². The van der Waals surface area contributed by atoms with Crippen LogP contribution in [0.3, 0.4) is 0 Å². The highest BCUT2D eigenvalue weighted by molar-refractivity contribution is 6.35. The lowest BCUT2D eigenvalue weighted by Crippen LogP contribution is -2.48. The second-order valence-electron chi connectivity index (χ2n) is 10.0. The smallest absolute Gasteiger partial charge is 0.229 e. The minimum absolute atomic E-state index is 0.0118. The van der Waals surface area contributed by atoms with E-state index in [9.17, 15) is 9.90 Å². The summed E-state index contributed by atoms with van der Waals surface area (Å²) < 4.78 is 16.6. The van der Waals surface area contributed by atoms with Gasteiger partial charge < -0.3 is 20.2 Å². The lowest BCUT2D eigenvalue weighted by atomic mass is 9.96. The molecule has 0 atom stereocenters. The Kier molecular flexibility index (Phi) is 6.64.